The van der Waals surface area contributed by atoms with E-state index in [-0.39, 0.29) is 19.1 Å². The quantitative estimate of drug-likeness (QED) is 0.354. The lowest BCUT2D eigenvalue weighted by Gasteiger charge is -2.15. The van der Waals surface area contributed by atoms with Gasteiger partial charge in [-0.1, -0.05) is 19.6 Å². The number of amides is 1. The monoisotopic (exact) mass is 474 g/mol. The lowest BCUT2D eigenvalue weighted by atomic mass is 10.1. The zero-order valence-corrected chi connectivity index (χ0v) is 20.2. The summed E-state index contributed by atoms with van der Waals surface area (Å²) in [6.07, 6.45) is -0.855. The summed E-state index contributed by atoms with van der Waals surface area (Å²) in [5.41, 5.74) is 1.45. The summed E-state index contributed by atoms with van der Waals surface area (Å²) in [6.45, 7) is 7.55. The molecular weight excluding hydrogens is 446 g/mol. The van der Waals surface area contributed by atoms with Gasteiger partial charge in [0, 0.05) is 25.6 Å². The lowest BCUT2D eigenvalue weighted by molar-refractivity contribution is -0.117. The average molecular weight is 475 g/mol. The summed E-state index contributed by atoms with van der Waals surface area (Å²) < 4.78 is 40.2. The topological polar surface area (TPSA) is 78.3 Å². The van der Waals surface area contributed by atoms with Crippen LogP contribution in [0.1, 0.15) is 6.42 Å². The van der Waals surface area contributed by atoms with Crippen molar-refractivity contribution < 1.29 is 23.0 Å². The molecule has 10 heteroatoms. The van der Waals surface area contributed by atoms with E-state index in [0.29, 0.717) is 40.5 Å². The van der Waals surface area contributed by atoms with Gasteiger partial charge in [0.25, 0.3) is 0 Å². The Kier molecular flexibility index (Phi) is 6.49. The van der Waals surface area contributed by atoms with Crippen molar-refractivity contribution in [3.63, 3.8) is 0 Å². The van der Waals surface area contributed by atoms with E-state index in [1.54, 1.807) is 22.9 Å². The van der Waals surface area contributed by atoms with Crippen LogP contribution >= 0.6 is 0 Å². The van der Waals surface area contributed by atoms with Crippen molar-refractivity contribution in [2.24, 2.45) is 5.92 Å². The molecule has 0 saturated heterocycles. The number of pyridine rings is 1. The van der Waals surface area contributed by atoms with Gasteiger partial charge in [-0.3, -0.25) is 4.79 Å². The predicted octanol–water partition coefficient (Wildman–Crippen LogP) is 4.85. The summed E-state index contributed by atoms with van der Waals surface area (Å²) in [6, 6.07) is 8.61. The summed E-state index contributed by atoms with van der Waals surface area (Å²) in [5, 5.41) is 7.97. The first-order chi connectivity index (χ1) is 15.7. The zero-order chi connectivity index (χ0) is 23.8. The molecule has 4 rings (SSSR count). The fourth-order valence-electron chi connectivity index (χ4n) is 3.46. The standard InChI is InChI=1S/C23H28F2N4O3Si/c1-31-19-7-5-14(24)11-17(19)21-15-6-8-20(27-23(30)16-12-18(16)25)26-22(15)29(28-21)13-32-9-10-33(2,3)4/h5-8,11,16,18H,9-10,12-13H2,1-4H3,(H,26,27,30)/t16-,18+/m1/s1. The van der Waals surface area contributed by atoms with Crippen LogP contribution in [0, 0.1) is 11.7 Å². The third-order valence-electron chi connectivity index (χ3n) is 5.52. The van der Waals surface area contributed by atoms with Crippen molar-refractivity contribution in [1.29, 1.82) is 0 Å². The van der Waals surface area contributed by atoms with Crippen LogP contribution in [0.15, 0.2) is 30.3 Å². The van der Waals surface area contributed by atoms with E-state index in [4.69, 9.17) is 9.47 Å². The number of rotatable bonds is 9. The molecule has 2 atom stereocenters. The molecule has 0 radical (unpaired) electrons. The third-order valence-corrected chi connectivity index (χ3v) is 7.23. The number of halogens is 2. The molecule has 2 heterocycles. The second-order valence-corrected chi connectivity index (χ2v) is 15.1. The Bertz CT molecular complexity index is 1180. The first-order valence-electron chi connectivity index (χ1n) is 10.9. The number of anilines is 1. The smallest absolute Gasteiger partial charge is 0.231 e. The van der Waals surface area contributed by atoms with Gasteiger partial charge in [0.05, 0.1) is 13.0 Å². The molecule has 33 heavy (non-hydrogen) atoms. The molecule has 0 bridgehead atoms. The molecular formula is C23H28F2N4O3Si. The zero-order valence-electron chi connectivity index (χ0n) is 19.2. The normalized spacial score (nSPS) is 17.9. The molecule has 1 aliphatic carbocycles. The number of carbonyl (C=O) groups excluding carboxylic acids is 1. The van der Waals surface area contributed by atoms with Gasteiger partial charge in [0.2, 0.25) is 5.91 Å². The van der Waals surface area contributed by atoms with Gasteiger partial charge >= 0.3 is 0 Å². The van der Waals surface area contributed by atoms with E-state index in [0.717, 1.165) is 6.04 Å². The maximum Gasteiger partial charge on any atom is 0.231 e. The fraction of sp³-hybridized carbons (Fsp3) is 0.435. The molecule has 1 N–H and O–H groups in total. The van der Waals surface area contributed by atoms with E-state index in [2.05, 4.69) is 35.0 Å². The minimum absolute atomic E-state index is 0.151. The predicted molar refractivity (Wildman–Crippen MR) is 125 cm³/mol. The molecule has 1 fully saturated rings. The minimum Gasteiger partial charge on any atom is -0.496 e. The molecule has 2 aromatic heterocycles. The molecule has 1 aliphatic rings. The Morgan fingerprint density at radius 2 is 2.03 bits per heavy atom. The van der Waals surface area contributed by atoms with Crippen LogP contribution in [0.25, 0.3) is 22.3 Å². The van der Waals surface area contributed by atoms with Crippen LogP contribution in [-0.2, 0) is 16.3 Å². The van der Waals surface area contributed by atoms with E-state index >= 15 is 0 Å². The van der Waals surface area contributed by atoms with Crippen LogP contribution in [-0.4, -0.2) is 48.6 Å². The van der Waals surface area contributed by atoms with Crippen molar-refractivity contribution in [3.8, 4) is 17.0 Å². The highest BCUT2D eigenvalue weighted by Gasteiger charge is 2.43. The number of aromatic nitrogens is 3. The fourth-order valence-corrected chi connectivity index (χ4v) is 4.22. The number of hydrogen-bond acceptors (Lipinski definition) is 5. The number of ether oxygens (including phenoxy) is 2. The van der Waals surface area contributed by atoms with Gasteiger partial charge in [-0.2, -0.15) is 5.10 Å². The number of nitrogens with zero attached hydrogens (tertiary/aromatic N) is 3. The maximum absolute atomic E-state index is 14.1. The van der Waals surface area contributed by atoms with Crippen LogP contribution in [0.3, 0.4) is 0 Å². The molecule has 0 unspecified atom stereocenters. The highest BCUT2D eigenvalue weighted by atomic mass is 28.3. The molecule has 1 aromatic carbocycles. The van der Waals surface area contributed by atoms with Gasteiger partial charge in [-0.05, 0) is 42.8 Å². The first-order valence-corrected chi connectivity index (χ1v) is 14.6. The lowest BCUT2D eigenvalue weighted by Crippen LogP contribution is -2.22. The van der Waals surface area contributed by atoms with Crippen molar-refractivity contribution in [3.05, 3.63) is 36.1 Å². The SMILES string of the molecule is COc1ccc(F)cc1-c1nn(COCC[Si](C)(C)C)c2nc(NC(=O)[C@@H]3C[C@@H]3F)ccc12. The molecule has 0 aliphatic heterocycles. The van der Waals surface area contributed by atoms with Crippen LogP contribution in [0.4, 0.5) is 14.6 Å². The Hall–Kier alpha value is -2.85. The summed E-state index contributed by atoms with van der Waals surface area (Å²) >= 11 is 0. The van der Waals surface area contributed by atoms with Gasteiger partial charge in [0.15, 0.2) is 5.65 Å². The van der Waals surface area contributed by atoms with Gasteiger partial charge in [-0.15, -0.1) is 0 Å². The minimum atomic E-state index is -1.26. The third kappa shape index (κ3) is 5.39. The summed E-state index contributed by atoms with van der Waals surface area (Å²) in [4.78, 5) is 16.7. The van der Waals surface area contributed by atoms with Crippen LogP contribution in [0.5, 0.6) is 5.75 Å². The largest absolute Gasteiger partial charge is 0.496 e. The number of nitrogens with one attached hydrogen (secondary N) is 1. The van der Waals surface area contributed by atoms with Crippen molar-refractivity contribution in [2.75, 3.05) is 19.0 Å². The number of carbonyl (C=O) groups is 1. The molecule has 176 valence electrons. The van der Waals surface area contributed by atoms with Gasteiger partial charge < -0.3 is 14.8 Å². The molecule has 7 nitrogen and oxygen atoms in total. The van der Waals surface area contributed by atoms with Crippen LogP contribution in [0.2, 0.25) is 25.7 Å². The Labute approximate surface area is 192 Å². The first kappa shape index (κ1) is 23.3. The van der Waals surface area contributed by atoms with E-state index in [1.807, 2.05) is 0 Å². The average Bonchev–Trinajstić information content (AvgIpc) is 3.39. The number of methoxy groups -OCH3 is 1. The van der Waals surface area contributed by atoms with Crippen molar-refractivity contribution in [2.45, 2.75) is 45.0 Å². The molecule has 0 spiro atoms. The molecule has 1 saturated carbocycles. The number of fused-ring (bicyclic) bond motifs is 1. The van der Waals surface area contributed by atoms with E-state index in [1.165, 1.54) is 19.2 Å². The Morgan fingerprint density at radius 3 is 2.70 bits per heavy atom. The highest BCUT2D eigenvalue weighted by molar-refractivity contribution is 6.76. The maximum atomic E-state index is 14.1. The summed E-state index contributed by atoms with van der Waals surface area (Å²) in [7, 11) is 0.252. The highest BCUT2D eigenvalue weighted by Crippen LogP contribution is 2.36. The number of benzene rings is 1. The van der Waals surface area contributed by atoms with Gasteiger partial charge in [0.1, 0.15) is 36.0 Å². The van der Waals surface area contributed by atoms with Gasteiger partial charge in [-0.25, -0.2) is 18.4 Å². The Morgan fingerprint density at radius 1 is 1.27 bits per heavy atom. The van der Waals surface area contributed by atoms with Crippen LogP contribution < -0.4 is 10.1 Å². The summed E-state index contributed by atoms with van der Waals surface area (Å²) in [5.74, 6) is -0.652. The molecule has 1 amide bonds. The van der Waals surface area contributed by atoms with E-state index in [9.17, 15) is 13.6 Å². The van der Waals surface area contributed by atoms with Crippen molar-refractivity contribution >= 4 is 30.8 Å². The second kappa shape index (κ2) is 9.18. The molecule has 3 aromatic rings. The Balaban J connectivity index is 1.69. The number of alkyl halides is 1. The second-order valence-electron chi connectivity index (χ2n) is 9.46. The number of hydrogen-bond donors (Lipinski definition) is 1. The van der Waals surface area contributed by atoms with E-state index < -0.39 is 26.0 Å². The van der Waals surface area contributed by atoms with Crippen molar-refractivity contribution in [1.82, 2.24) is 14.8 Å².